The molecule has 0 saturated heterocycles. The number of aryl methyl sites for hydroxylation is 1. The molecule has 0 radical (unpaired) electrons. The Labute approximate surface area is 112 Å². The molecule has 0 aliphatic heterocycles. The van der Waals surface area contributed by atoms with Crippen LogP contribution < -0.4 is 5.73 Å². The van der Waals surface area contributed by atoms with Crippen LogP contribution in [0.2, 0.25) is 4.34 Å². The van der Waals surface area contributed by atoms with Crippen LogP contribution in [0.15, 0.2) is 34.8 Å². The average molecular weight is 317 g/mol. The number of hydrogen-bond donors (Lipinski definition) is 1. The van der Waals surface area contributed by atoms with Crippen LogP contribution in [0.3, 0.4) is 0 Å². The second-order valence-corrected chi connectivity index (χ2v) is 6.20. The predicted octanol–water partition coefficient (Wildman–Crippen LogP) is 4.52. The predicted molar refractivity (Wildman–Crippen MR) is 74.2 cm³/mol. The van der Waals surface area contributed by atoms with E-state index in [0.717, 1.165) is 19.2 Å². The van der Waals surface area contributed by atoms with Crippen molar-refractivity contribution in [2.24, 2.45) is 5.73 Å². The summed E-state index contributed by atoms with van der Waals surface area (Å²) in [7, 11) is 0. The molecule has 1 atom stereocenters. The fourth-order valence-electron chi connectivity index (χ4n) is 1.54. The maximum Gasteiger partial charge on any atom is 0.107 e. The van der Waals surface area contributed by atoms with Crippen LogP contribution in [0.5, 0.6) is 0 Å². The molecule has 2 N–H and O–H groups in total. The Bertz CT molecular complexity index is 490. The lowest BCUT2D eigenvalue weighted by molar-refractivity contribution is 0.891. The van der Waals surface area contributed by atoms with E-state index in [4.69, 9.17) is 17.3 Å². The number of nitrogens with two attached hydrogens (primary N) is 1. The third-order valence-corrected chi connectivity index (χ3v) is 4.93. The molecular weight excluding hydrogens is 306 g/mol. The van der Waals surface area contributed by atoms with E-state index in [9.17, 15) is 0 Å². The number of benzene rings is 1. The van der Waals surface area contributed by atoms with Gasteiger partial charge in [-0.2, -0.15) is 0 Å². The lowest BCUT2D eigenvalue weighted by Crippen LogP contribution is -2.10. The highest BCUT2D eigenvalue weighted by Crippen LogP contribution is 2.36. The summed E-state index contributed by atoms with van der Waals surface area (Å²) in [5.74, 6) is 0. The Morgan fingerprint density at radius 2 is 2.12 bits per heavy atom. The van der Waals surface area contributed by atoms with Gasteiger partial charge >= 0.3 is 0 Å². The second-order valence-electron chi connectivity index (χ2n) is 3.66. The van der Waals surface area contributed by atoms with Crippen molar-refractivity contribution in [1.82, 2.24) is 0 Å². The molecule has 2 aromatic rings. The summed E-state index contributed by atoms with van der Waals surface area (Å²) in [4.78, 5) is 1.07. The summed E-state index contributed by atoms with van der Waals surface area (Å²) in [5, 5.41) is 0. The van der Waals surface area contributed by atoms with Crippen LogP contribution in [0.1, 0.15) is 22.0 Å². The van der Waals surface area contributed by atoms with Gasteiger partial charge in [-0.3, -0.25) is 0 Å². The third kappa shape index (κ3) is 2.48. The minimum absolute atomic E-state index is 0.103. The summed E-state index contributed by atoms with van der Waals surface area (Å²) in [6.07, 6.45) is 0. The first-order valence-electron chi connectivity index (χ1n) is 4.85. The lowest BCUT2D eigenvalue weighted by atomic mass is 10.0. The van der Waals surface area contributed by atoms with Gasteiger partial charge in [-0.15, -0.1) is 11.3 Å². The normalized spacial score (nSPS) is 12.8. The van der Waals surface area contributed by atoms with E-state index in [1.807, 2.05) is 18.2 Å². The molecule has 1 aromatic heterocycles. The highest BCUT2D eigenvalue weighted by molar-refractivity contribution is 9.10. The first-order valence-corrected chi connectivity index (χ1v) is 6.83. The summed E-state index contributed by atoms with van der Waals surface area (Å²) >= 11 is 10.9. The van der Waals surface area contributed by atoms with E-state index in [0.29, 0.717) is 0 Å². The van der Waals surface area contributed by atoms with Gasteiger partial charge in [0, 0.05) is 9.35 Å². The van der Waals surface area contributed by atoms with Crippen LogP contribution >= 0.6 is 38.9 Å². The van der Waals surface area contributed by atoms with Gasteiger partial charge in [0.05, 0.1) is 6.04 Å². The van der Waals surface area contributed by atoms with E-state index in [2.05, 4.69) is 35.0 Å². The molecule has 2 rings (SSSR count). The molecule has 0 fully saturated rings. The highest BCUT2D eigenvalue weighted by Gasteiger charge is 2.13. The topological polar surface area (TPSA) is 26.0 Å². The standard InChI is InChI=1S/C12H11BrClNS/c1-7-3-2-4-8(5-7)11(15)10-6-9(13)12(14)16-10/h2-6,11H,15H2,1H3. The largest absolute Gasteiger partial charge is 0.320 e. The maximum absolute atomic E-state index is 6.20. The molecular formula is C12H11BrClNS. The molecule has 1 aromatic carbocycles. The Balaban J connectivity index is 2.35. The van der Waals surface area contributed by atoms with Crippen LogP contribution in [0, 0.1) is 6.92 Å². The van der Waals surface area contributed by atoms with Crippen molar-refractivity contribution < 1.29 is 0 Å². The zero-order valence-electron chi connectivity index (χ0n) is 8.71. The Morgan fingerprint density at radius 1 is 1.38 bits per heavy atom. The SMILES string of the molecule is Cc1cccc(C(N)c2cc(Br)c(Cl)s2)c1. The molecule has 1 nitrogen and oxygen atoms in total. The molecule has 16 heavy (non-hydrogen) atoms. The maximum atomic E-state index is 6.20. The van der Waals surface area contributed by atoms with Crippen molar-refractivity contribution in [3.63, 3.8) is 0 Å². The molecule has 1 heterocycles. The van der Waals surface area contributed by atoms with Gasteiger partial charge in [0.2, 0.25) is 0 Å². The molecule has 4 heteroatoms. The fraction of sp³-hybridized carbons (Fsp3) is 0.167. The van der Waals surface area contributed by atoms with Crippen molar-refractivity contribution in [2.75, 3.05) is 0 Å². The van der Waals surface area contributed by atoms with Crippen molar-refractivity contribution in [3.05, 3.63) is 55.1 Å². The third-order valence-electron chi connectivity index (χ3n) is 2.37. The number of halogens is 2. The van der Waals surface area contributed by atoms with Gasteiger partial charge in [0.15, 0.2) is 0 Å². The van der Waals surface area contributed by atoms with E-state index in [1.54, 1.807) is 0 Å². The van der Waals surface area contributed by atoms with E-state index < -0.39 is 0 Å². The minimum atomic E-state index is -0.103. The lowest BCUT2D eigenvalue weighted by Gasteiger charge is -2.10. The molecule has 0 aliphatic carbocycles. The van der Waals surface area contributed by atoms with Gasteiger partial charge < -0.3 is 5.73 Å². The van der Waals surface area contributed by atoms with Gasteiger partial charge in [0.25, 0.3) is 0 Å². The van der Waals surface area contributed by atoms with Crippen LogP contribution in [-0.2, 0) is 0 Å². The zero-order chi connectivity index (χ0) is 11.7. The summed E-state index contributed by atoms with van der Waals surface area (Å²) in [6.45, 7) is 2.06. The number of thiophene rings is 1. The van der Waals surface area contributed by atoms with Crippen LogP contribution in [0.25, 0.3) is 0 Å². The van der Waals surface area contributed by atoms with Gasteiger partial charge in [-0.1, -0.05) is 41.4 Å². The minimum Gasteiger partial charge on any atom is -0.320 e. The van der Waals surface area contributed by atoms with Crippen molar-refractivity contribution in [1.29, 1.82) is 0 Å². The van der Waals surface area contributed by atoms with E-state index in [-0.39, 0.29) is 6.04 Å². The molecule has 0 saturated carbocycles. The highest BCUT2D eigenvalue weighted by atomic mass is 79.9. The van der Waals surface area contributed by atoms with Crippen LogP contribution in [-0.4, -0.2) is 0 Å². The van der Waals surface area contributed by atoms with Gasteiger partial charge in [-0.05, 0) is 34.5 Å². The number of hydrogen-bond acceptors (Lipinski definition) is 2. The molecule has 0 amide bonds. The Kier molecular flexibility index (Phi) is 3.70. The zero-order valence-corrected chi connectivity index (χ0v) is 11.9. The summed E-state index contributed by atoms with van der Waals surface area (Å²) in [6, 6.07) is 10.1. The molecule has 0 aliphatic rings. The average Bonchev–Trinajstić information content (AvgIpc) is 2.58. The monoisotopic (exact) mass is 315 g/mol. The second kappa shape index (κ2) is 4.88. The Morgan fingerprint density at radius 3 is 2.69 bits per heavy atom. The van der Waals surface area contributed by atoms with Crippen LogP contribution in [0.4, 0.5) is 0 Å². The molecule has 84 valence electrons. The first kappa shape index (κ1) is 12.1. The van der Waals surface area contributed by atoms with Crippen molar-refractivity contribution >= 4 is 38.9 Å². The summed E-state index contributed by atoms with van der Waals surface area (Å²) < 4.78 is 1.66. The number of rotatable bonds is 2. The van der Waals surface area contributed by atoms with Gasteiger partial charge in [0.1, 0.15) is 4.34 Å². The molecule has 1 unspecified atom stereocenters. The quantitative estimate of drug-likeness (QED) is 0.866. The molecule has 0 bridgehead atoms. The van der Waals surface area contributed by atoms with E-state index in [1.165, 1.54) is 16.9 Å². The fourth-order valence-corrected chi connectivity index (χ4v) is 3.31. The first-order chi connectivity index (χ1) is 7.58. The smallest absolute Gasteiger partial charge is 0.107 e. The Hall–Kier alpha value is -0.350. The van der Waals surface area contributed by atoms with E-state index >= 15 is 0 Å². The van der Waals surface area contributed by atoms with Crippen molar-refractivity contribution in [2.45, 2.75) is 13.0 Å². The van der Waals surface area contributed by atoms with Crippen molar-refractivity contribution in [3.8, 4) is 0 Å². The van der Waals surface area contributed by atoms with Gasteiger partial charge in [-0.25, -0.2) is 0 Å². The molecule has 0 spiro atoms. The summed E-state index contributed by atoms with van der Waals surface area (Å²) in [5.41, 5.74) is 8.53.